The van der Waals surface area contributed by atoms with Crippen molar-refractivity contribution in [3.05, 3.63) is 78.1 Å². The van der Waals surface area contributed by atoms with Gasteiger partial charge in [-0.05, 0) is 67.1 Å². The van der Waals surface area contributed by atoms with E-state index in [1.165, 1.54) is 7.05 Å². The van der Waals surface area contributed by atoms with Crippen LogP contribution in [0.2, 0.25) is 0 Å². The lowest BCUT2D eigenvalue weighted by Crippen LogP contribution is -2.24. The highest BCUT2D eigenvalue weighted by atomic mass is 16.5. The van der Waals surface area contributed by atoms with Crippen LogP contribution in [0.15, 0.2) is 67.0 Å². The highest BCUT2D eigenvalue weighted by Crippen LogP contribution is 2.29. The predicted molar refractivity (Wildman–Crippen MR) is 119 cm³/mol. The molecule has 0 radical (unpaired) electrons. The molecule has 0 aliphatic rings. The van der Waals surface area contributed by atoms with E-state index in [1.54, 1.807) is 54.9 Å². The third kappa shape index (κ3) is 6.20. The normalized spacial score (nSPS) is 10.1. The van der Waals surface area contributed by atoms with E-state index in [-0.39, 0.29) is 11.9 Å². The minimum atomic E-state index is -0.313. The molecule has 3 rings (SSSR count). The van der Waals surface area contributed by atoms with E-state index in [0.717, 1.165) is 5.56 Å². The summed E-state index contributed by atoms with van der Waals surface area (Å²) in [6.45, 7) is 2.68. The lowest BCUT2D eigenvalue weighted by atomic mass is 10.1. The van der Waals surface area contributed by atoms with Crippen molar-refractivity contribution in [1.82, 2.24) is 10.3 Å². The number of anilines is 2. The van der Waals surface area contributed by atoms with Crippen molar-refractivity contribution >= 4 is 23.3 Å². The Kier molecular flexibility index (Phi) is 7.42. The predicted octanol–water partition coefficient (Wildman–Crippen LogP) is 4.06. The Hall–Kier alpha value is -4.07. The molecule has 0 unspecified atom stereocenters. The molecule has 0 aliphatic heterocycles. The van der Waals surface area contributed by atoms with Crippen LogP contribution in [-0.2, 0) is 6.61 Å². The molecule has 0 saturated carbocycles. The van der Waals surface area contributed by atoms with Crippen LogP contribution in [0, 0.1) is 0 Å². The first-order valence-electron chi connectivity index (χ1n) is 9.77. The highest BCUT2D eigenvalue weighted by Gasteiger charge is 2.12. The minimum Gasteiger partial charge on any atom is -0.490 e. The van der Waals surface area contributed by atoms with Crippen LogP contribution < -0.4 is 25.4 Å². The number of aromatic nitrogens is 1. The van der Waals surface area contributed by atoms with Gasteiger partial charge in [-0.2, -0.15) is 0 Å². The second-order valence-corrected chi connectivity index (χ2v) is 6.47. The molecule has 1 heterocycles. The Morgan fingerprint density at radius 3 is 2.19 bits per heavy atom. The largest absolute Gasteiger partial charge is 0.490 e. The molecule has 3 aromatic rings. The van der Waals surface area contributed by atoms with Gasteiger partial charge >= 0.3 is 6.03 Å². The highest BCUT2D eigenvalue weighted by molar-refractivity contribution is 6.04. The SMILES string of the molecule is CCOc1cc(C(=O)Nc2ccc(NC(=O)NC)cc2)ccc1OCc1ccncc1. The number of hydrogen-bond donors (Lipinski definition) is 3. The summed E-state index contributed by atoms with van der Waals surface area (Å²) in [5, 5.41) is 7.96. The topological polar surface area (TPSA) is 102 Å². The molecule has 0 atom stereocenters. The van der Waals surface area contributed by atoms with E-state index < -0.39 is 0 Å². The molecule has 31 heavy (non-hydrogen) atoms. The van der Waals surface area contributed by atoms with Crippen molar-refractivity contribution in [1.29, 1.82) is 0 Å². The monoisotopic (exact) mass is 420 g/mol. The summed E-state index contributed by atoms with van der Waals surface area (Å²) < 4.78 is 11.5. The number of nitrogens with one attached hydrogen (secondary N) is 3. The van der Waals surface area contributed by atoms with E-state index in [2.05, 4.69) is 20.9 Å². The van der Waals surface area contributed by atoms with E-state index in [0.29, 0.717) is 41.7 Å². The third-order valence-corrected chi connectivity index (χ3v) is 4.28. The van der Waals surface area contributed by atoms with Gasteiger partial charge in [-0.15, -0.1) is 0 Å². The Bertz CT molecular complexity index is 1020. The summed E-state index contributed by atoms with van der Waals surface area (Å²) in [6, 6.07) is 15.3. The maximum atomic E-state index is 12.7. The Morgan fingerprint density at radius 2 is 1.55 bits per heavy atom. The molecule has 1 aromatic heterocycles. The molecule has 8 nitrogen and oxygen atoms in total. The second kappa shape index (κ2) is 10.6. The van der Waals surface area contributed by atoms with Crippen LogP contribution in [0.5, 0.6) is 11.5 Å². The van der Waals surface area contributed by atoms with Gasteiger partial charge in [-0.1, -0.05) is 0 Å². The van der Waals surface area contributed by atoms with E-state index in [9.17, 15) is 9.59 Å². The number of nitrogens with zero attached hydrogens (tertiary/aromatic N) is 1. The van der Waals surface area contributed by atoms with Gasteiger partial charge in [0.15, 0.2) is 11.5 Å². The molecular weight excluding hydrogens is 396 g/mol. The van der Waals surface area contributed by atoms with E-state index in [4.69, 9.17) is 9.47 Å². The number of ether oxygens (including phenoxy) is 2. The summed E-state index contributed by atoms with van der Waals surface area (Å²) in [6.07, 6.45) is 3.41. The van der Waals surface area contributed by atoms with Crippen molar-refractivity contribution in [2.75, 3.05) is 24.3 Å². The second-order valence-electron chi connectivity index (χ2n) is 6.47. The van der Waals surface area contributed by atoms with Crippen LogP contribution in [-0.4, -0.2) is 30.6 Å². The summed E-state index contributed by atoms with van der Waals surface area (Å²) >= 11 is 0. The van der Waals surface area contributed by atoms with E-state index >= 15 is 0 Å². The molecule has 8 heteroatoms. The molecule has 160 valence electrons. The fourth-order valence-corrected chi connectivity index (χ4v) is 2.71. The molecule has 3 amide bonds. The number of benzene rings is 2. The Labute approximate surface area is 180 Å². The van der Waals surface area contributed by atoms with Crippen molar-refractivity contribution in [2.24, 2.45) is 0 Å². The zero-order chi connectivity index (χ0) is 22.1. The van der Waals surface area contributed by atoms with Crippen molar-refractivity contribution in [3.8, 4) is 11.5 Å². The summed E-state index contributed by atoms with van der Waals surface area (Å²) in [5.74, 6) is 0.766. The van der Waals surface area contributed by atoms with Gasteiger partial charge in [0, 0.05) is 36.4 Å². The quantitative estimate of drug-likeness (QED) is 0.510. The van der Waals surface area contributed by atoms with E-state index in [1.807, 2.05) is 19.1 Å². The van der Waals surface area contributed by atoms with Gasteiger partial charge in [0.2, 0.25) is 0 Å². The molecule has 3 N–H and O–H groups in total. The van der Waals surface area contributed by atoms with Crippen LogP contribution >= 0.6 is 0 Å². The zero-order valence-electron chi connectivity index (χ0n) is 17.3. The van der Waals surface area contributed by atoms with Gasteiger partial charge in [0.05, 0.1) is 6.61 Å². The summed E-state index contributed by atoms with van der Waals surface area (Å²) in [7, 11) is 1.54. The van der Waals surface area contributed by atoms with Gasteiger partial charge in [-0.3, -0.25) is 9.78 Å². The number of carbonyl (C=O) groups is 2. The fraction of sp³-hybridized carbons (Fsp3) is 0.174. The lowest BCUT2D eigenvalue weighted by Gasteiger charge is -2.14. The molecule has 0 bridgehead atoms. The first-order valence-corrected chi connectivity index (χ1v) is 9.77. The number of hydrogen-bond acceptors (Lipinski definition) is 5. The van der Waals surface area contributed by atoms with Crippen LogP contribution in [0.3, 0.4) is 0 Å². The van der Waals surface area contributed by atoms with Gasteiger partial charge in [0.25, 0.3) is 5.91 Å². The standard InChI is InChI=1S/C23H24N4O4/c1-3-30-21-14-17(4-9-20(21)31-15-16-10-12-25-13-11-16)22(28)26-18-5-7-19(8-6-18)27-23(29)24-2/h4-14H,3,15H2,1-2H3,(H,26,28)(H2,24,27,29). The minimum absolute atomic E-state index is 0.284. The van der Waals surface area contributed by atoms with Gasteiger partial charge < -0.3 is 25.4 Å². The molecule has 2 aromatic carbocycles. The molecule has 0 aliphatic carbocycles. The summed E-state index contributed by atoms with van der Waals surface area (Å²) in [4.78, 5) is 28.0. The average Bonchev–Trinajstić information content (AvgIpc) is 2.80. The number of carbonyl (C=O) groups excluding carboxylic acids is 2. The maximum Gasteiger partial charge on any atom is 0.318 e. The first-order chi connectivity index (χ1) is 15.1. The van der Waals surface area contributed by atoms with Crippen LogP contribution in [0.1, 0.15) is 22.8 Å². The van der Waals surface area contributed by atoms with Crippen molar-refractivity contribution in [2.45, 2.75) is 13.5 Å². The van der Waals surface area contributed by atoms with Crippen molar-refractivity contribution in [3.63, 3.8) is 0 Å². The smallest absolute Gasteiger partial charge is 0.318 e. The lowest BCUT2D eigenvalue weighted by molar-refractivity contribution is 0.102. The first kappa shape index (κ1) is 21.6. The molecule has 0 fully saturated rings. The molecular formula is C23H24N4O4. The summed E-state index contributed by atoms with van der Waals surface area (Å²) in [5.41, 5.74) is 2.64. The Balaban J connectivity index is 1.67. The average molecular weight is 420 g/mol. The fourth-order valence-electron chi connectivity index (χ4n) is 2.71. The third-order valence-electron chi connectivity index (χ3n) is 4.28. The zero-order valence-corrected chi connectivity index (χ0v) is 17.3. The molecule has 0 spiro atoms. The number of rotatable bonds is 8. The van der Waals surface area contributed by atoms with Crippen LogP contribution in [0.25, 0.3) is 0 Å². The maximum absolute atomic E-state index is 12.7. The Morgan fingerprint density at radius 1 is 0.871 bits per heavy atom. The van der Waals surface area contributed by atoms with Gasteiger partial charge in [0.1, 0.15) is 6.61 Å². The van der Waals surface area contributed by atoms with Gasteiger partial charge in [-0.25, -0.2) is 4.79 Å². The molecule has 0 saturated heterocycles. The number of amides is 3. The van der Waals surface area contributed by atoms with Crippen LogP contribution in [0.4, 0.5) is 16.2 Å². The van der Waals surface area contributed by atoms with Crippen molar-refractivity contribution < 1.29 is 19.1 Å². The number of urea groups is 1. The number of pyridine rings is 1.